The lowest BCUT2D eigenvalue weighted by molar-refractivity contribution is 0.597. The second kappa shape index (κ2) is 3.38. The molecule has 0 spiro atoms. The molecule has 0 unspecified atom stereocenters. The van der Waals surface area contributed by atoms with Gasteiger partial charge in [-0.25, -0.2) is 0 Å². The summed E-state index contributed by atoms with van der Waals surface area (Å²) in [4.78, 5) is 0. The van der Waals surface area contributed by atoms with Crippen LogP contribution in [0.25, 0.3) is 0 Å². The molecule has 1 aromatic rings. The maximum Gasteiger partial charge on any atom is 0.0317 e. The zero-order valence-electron chi connectivity index (χ0n) is 7.74. The lowest BCUT2D eigenvalue weighted by atomic mass is 10.0. The first kappa shape index (κ1) is 8.57. The van der Waals surface area contributed by atoms with Crippen LogP contribution in [-0.2, 0) is 0 Å². The summed E-state index contributed by atoms with van der Waals surface area (Å²) in [6, 6.07) is 8.08. The van der Waals surface area contributed by atoms with E-state index in [2.05, 4.69) is 6.07 Å². The number of benzene rings is 1. The Hall–Kier alpha value is -1.02. The van der Waals surface area contributed by atoms with Gasteiger partial charge in [0.15, 0.2) is 0 Å². The van der Waals surface area contributed by atoms with Gasteiger partial charge in [0, 0.05) is 11.7 Å². The molecule has 13 heavy (non-hydrogen) atoms. The Balaban J connectivity index is 2.04. The molecule has 2 nitrogen and oxygen atoms in total. The molecule has 1 aromatic carbocycles. The quantitative estimate of drug-likeness (QED) is 0.693. The largest absolute Gasteiger partial charge is 0.399 e. The number of nitrogen functional groups attached to an aromatic ring is 1. The van der Waals surface area contributed by atoms with Crippen LogP contribution < -0.4 is 11.5 Å². The Morgan fingerprint density at radius 3 is 2.77 bits per heavy atom. The summed E-state index contributed by atoms with van der Waals surface area (Å²) < 4.78 is 0. The smallest absolute Gasteiger partial charge is 0.0317 e. The molecule has 0 bridgehead atoms. The monoisotopic (exact) mass is 176 g/mol. The number of rotatable bonds is 3. The van der Waals surface area contributed by atoms with Crippen LogP contribution >= 0.6 is 0 Å². The first-order valence-corrected chi connectivity index (χ1v) is 4.87. The van der Waals surface area contributed by atoms with E-state index in [1.807, 2.05) is 18.2 Å². The topological polar surface area (TPSA) is 52.0 Å². The molecule has 1 aliphatic carbocycles. The van der Waals surface area contributed by atoms with Gasteiger partial charge in [-0.15, -0.1) is 0 Å². The normalized spacial score (nSPS) is 18.5. The van der Waals surface area contributed by atoms with Gasteiger partial charge < -0.3 is 11.5 Å². The van der Waals surface area contributed by atoms with Crippen molar-refractivity contribution in [2.45, 2.75) is 25.3 Å². The molecule has 0 saturated heterocycles. The van der Waals surface area contributed by atoms with Crippen LogP contribution in [0, 0.1) is 5.92 Å². The van der Waals surface area contributed by atoms with Crippen LogP contribution in [0.3, 0.4) is 0 Å². The van der Waals surface area contributed by atoms with Gasteiger partial charge in [-0.3, -0.25) is 0 Å². The van der Waals surface area contributed by atoms with E-state index in [-0.39, 0.29) is 6.04 Å². The molecule has 0 aromatic heterocycles. The van der Waals surface area contributed by atoms with Crippen LogP contribution in [0.5, 0.6) is 0 Å². The summed E-state index contributed by atoms with van der Waals surface area (Å²) in [7, 11) is 0. The highest BCUT2D eigenvalue weighted by atomic mass is 14.6. The zero-order chi connectivity index (χ0) is 9.26. The predicted octanol–water partition coefficient (Wildman–Crippen LogP) is 2.07. The molecule has 2 rings (SSSR count). The summed E-state index contributed by atoms with van der Waals surface area (Å²) in [5.41, 5.74) is 13.7. The van der Waals surface area contributed by atoms with E-state index < -0.39 is 0 Å². The Bertz CT molecular complexity index is 292. The molecule has 1 atom stereocenters. The summed E-state index contributed by atoms with van der Waals surface area (Å²) in [5.74, 6) is 0.872. The van der Waals surface area contributed by atoms with Gasteiger partial charge in [0.25, 0.3) is 0 Å². The van der Waals surface area contributed by atoms with Crippen LogP contribution in [0.4, 0.5) is 5.69 Å². The van der Waals surface area contributed by atoms with E-state index in [0.717, 1.165) is 18.0 Å². The van der Waals surface area contributed by atoms with Gasteiger partial charge >= 0.3 is 0 Å². The third-order valence-electron chi connectivity index (χ3n) is 2.62. The second-order valence-corrected chi connectivity index (χ2v) is 3.96. The van der Waals surface area contributed by atoms with Crippen molar-refractivity contribution in [2.75, 3.05) is 5.73 Å². The highest BCUT2D eigenvalue weighted by Crippen LogP contribution is 2.36. The number of nitrogens with two attached hydrogens (primary N) is 2. The zero-order valence-corrected chi connectivity index (χ0v) is 7.74. The predicted molar refractivity (Wildman–Crippen MR) is 55.1 cm³/mol. The van der Waals surface area contributed by atoms with Gasteiger partial charge in [-0.05, 0) is 30.0 Å². The molecule has 2 heteroatoms. The number of anilines is 1. The molecule has 4 N–H and O–H groups in total. The number of hydrogen-bond donors (Lipinski definition) is 2. The fraction of sp³-hybridized carbons (Fsp3) is 0.455. The third kappa shape index (κ3) is 2.22. The van der Waals surface area contributed by atoms with Gasteiger partial charge in [0.05, 0.1) is 0 Å². The fourth-order valence-corrected chi connectivity index (χ4v) is 1.64. The molecule has 0 radical (unpaired) electrons. The Morgan fingerprint density at radius 1 is 1.38 bits per heavy atom. The van der Waals surface area contributed by atoms with E-state index in [0.29, 0.717) is 0 Å². The first-order valence-electron chi connectivity index (χ1n) is 4.87. The number of hydrogen-bond acceptors (Lipinski definition) is 2. The van der Waals surface area contributed by atoms with Crippen molar-refractivity contribution in [3.63, 3.8) is 0 Å². The van der Waals surface area contributed by atoms with Crippen LogP contribution in [0.15, 0.2) is 24.3 Å². The van der Waals surface area contributed by atoms with Crippen molar-refractivity contribution in [3.8, 4) is 0 Å². The lowest BCUT2D eigenvalue weighted by Crippen LogP contribution is -2.11. The SMILES string of the molecule is Nc1cccc([C@H](N)CC2CC2)c1. The highest BCUT2D eigenvalue weighted by Gasteiger charge is 2.24. The minimum Gasteiger partial charge on any atom is -0.399 e. The van der Waals surface area contributed by atoms with Crippen molar-refractivity contribution in [3.05, 3.63) is 29.8 Å². The van der Waals surface area contributed by atoms with Gasteiger partial charge in [-0.1, -0.05) is 25.0 Å². The summed E-state index contributed by atoms with van der Waals surface area (Å²) in [5, 5.41) is 0. The van der Waals surface area contributed by atoms with E-state index >= 15 is 0 Å². The van der Waals surface area contributed by atoms with Crippen LogP contribution in [0.2, 0.25) is 0 Å². The van der Waals surface area contributed by atoms with Crippen molar-refractivity contribution >= 4 is 5.69 Å². The molecule has 1 aliphatic rings. The molecular weight excluding hydrogens is 160 g/mol. The van der Waals surface area contributed by atoms with E-state index in [4.69, 9.17) is 11.5 Å². The third-order valence-corrected chi connectivity index (χ3v) is 2.62. The van der Waals surface area contributed by atoms with Crippen LogP contribution in [-0.4, -0.2) is 0 Å². The Labute approximate surface area is 78.9 Å². The van der Waals surface area contributed by atoms with Gasteiger partial charge in [0.1, 0.15) is 0 Å². The molecule has 1 saturated carbocycles. The summed E-state index contributed by atoms with van der Waals surface area (Å²) in [6.07, 6.45) is 3.83. The average molecular weight is 176 g/mol. The van der Waals surface area contributed by atoms with Crippen molar-refractivity contribution in [1.29, 1.82) is 0 Å². The maximum atomic E-state index is 6.05. The molecular formula is C11H16N2. The van der Waals surface area contributed by atoms with Gasteiger partial charge in [0.2, 0.25) is 0 Å². The minimum atomic E-state index is 0.177. The van der Waals surface area contributed by atoms with Gasteiger partial charge in [-0.2, -0.15) is 0 Å². The second-order valence-electron chi connectivity index (χ2n) is 3.96. The van der Waals surface area contributed by atoms with Crippen LogP contribution in [0.1, 0.15) is 30.9 Å². The van der Waals surface area contributed by atoms with E-state index in [1.54, 1.807) is 0 Å². The maximum absolute atomic E-state index is 6.05. The average Bonchev–Trinajstić information content (AvgIpc) is 2.88. The Morgan fingerprint density at radius 2 is 2.15 bits per heavy atom. The standard InChI is InChI=1S/C11H16N2/c12-10-3-1-2-9(7-10)11(13)6-8-4-5-8/h1-3,7-8,11H,4-6,12-13H2/t11-/m1/s1. The summed E-state index contributed by atoms with van der Waals surface area (Å²) >= 11 is 0. The minimum absolute atomic E-state index is 0.177. The molecule has 0 heterocycles. The molecule has 0 aliphatic heterocycles. The Kier molecular flexibility index (Phi) is 2.23. The summed E-state index contributed by atoms with van der Waals surface area (Å²) in [6.45, 7) is 0. The molecule has 70 valence electrons. The van der Waals surface area contributed by atoms with Crippen molar-refractivity contribution < 1.29 is 0 Å². The highest BCUT2D eigenvalue weighted by molar-refractivity contribution is 5.41. The lowest BCUT2D eigenvalue weighted by Gasteiger charge is -2.11. The van der Waals surface area contributed by atoms with Crippen molar-refractivity contribution in [2.24, 2.45) is 11.7 Å². The first-order chi connectivity index (χ1) is 6.25. The van der Waals surface area contributed by atoms with E-state index in [9.17, 15) is 0 Å². The van der Waals surface area contributed by atoms with E-state index in [1.165, 1.54) is 18.4 Å². The molecule has 0 amide bonds. The fourth-order valence-electron chi connectivity index (χ4n) is 1.64. The molecule has 1 fully saturated rings. The van der Waals surface area contributed by atoms with Crippen molar-refractivity contribution in [1.82, 2.24) is 0 Å².